The summed E-state index contributed by atoms with van der Waals surface area (Å²) in [6, 6.07) is 5.85. The molecule has 0 aromatic heterocycles. The monoisotopic (exact) mass is 376 g/mol. The first-order valence-electron chi connectivity index (χ1n) is 11.0. The zero-order chi connectivity index (χ0) is 19.9. The van der Waals surface area contributed by atoms with E-state index in [9.17, 15) is 15.3 Å². The molecule has 1 aliphatic carbocycles. The van der Waals surface area contributed by atoms with Crippen LogP contribution in [0.5, 0.6) is 5.75 Å². The van der Waals surface area contributed by atoms with E-state index < -0.39 is 0 Å². The van der Waals surface area contributed by atoms with Crippen LogP contribution >= 0.6 is 0 Å². The Bertz CT molecular complexity index is 565. The Kier molecular flexibility index (Phi) is 8.62. The van der Waals surface area contributed by atoms with Crippen molar-refractivity contribution in [3.05, 3.63) is 29.3 Å². The van der Waals surface area contributed by atoms with Crippen LogP contribution in [0, 0.1) is 5.92 Å². The molecule has 154 valence electrons. The van der Waals surface area contributed by atoms with Crippen molar-refractivity contribution < 1.29 is 15.3 Å². The Balaban J connectivity index is 2.29. The average Bonchev–Trinajstić information content (AvgIpc) is 2.64. The van der Waals surface area contributed by atoms with E-state index in [1.54, 1.807) is 6.07 Å². The van der Waals surface area contributed by atoms with E-state index in [1.165, 1.54) is 36.8 Å². The van der Waals surface area contributed by atoms with Gasteiger partial charge in [-0.3, -0.25) is 0 Å². The Morgan fingerprint density at radius 3 is 2.56 bits per heavy atom. The third kappa shape index (κ3) is 6.22. The molecule has 1 aliphatic rings. The number of unbranched alkanes of at least 4 members (excludes halogenated alkanes) is 3. The maximum absolute atomic E-state index is 10.3. The summed E-state index contributed by atoms with van der Waals surface area (Å²) in [5.74, 6) is 1.14. The smallest absolute Gasteiger partial charge is 0.115 e. The summed E-state index contributed by atoms with van der Waals surface area (Å²) < 4.78 is 0. The summed E-state index contributed by atoms with van der Waals surface area (Å²) >= 11 is 0. The van der Waals surface area contributed by atoms with E-state index in [1.807, 2.05) is 6.07 Å². The second-order valence-electron chi connectivity index (χ2n) is 9.17. The van der Waals surface area contributed by atoms with Gasteiger partial charge in [0.2, 0.25) is 0 Å². The summed E-state index contributed by atoms with van der Waals surface area (Å²) in [5.41, 5.74) is 2.55. The first-order valence-corrected chi connectivity index (χ1v) is 11.0. The molecule has 3 N–H and O–H groups in total. The molecule has 0 radical (unpaired) electrons. The number of rotatable bonds is 10. The summed E-state index contributed by atoms with van der Waals surface area (Å²) in [7, 11) is 0. The van der Waals surface area contributed by atoms with Gasteiger partial charge in [0.1, 0.15) is 5.75 Å². The molecule has 3 unspecified atom stereocenters. The molecule has 1 aromatic carbocycles. The SMILES string of the molecule is CCCCCCC(C)(C)c1cc(O)ccc1C1CC(O)CCC1CCCO. The molecule has 2 rings (SSSR count). The van der Waals surface area contributed by atoms with Crippen molar-refractivity contribution in [2.75, 3.05) is 6.61 Å². The Morgan fingerprint density at radius 2 is 1.85 bits per heavy atom. The van der Waals surface area contributed by atoms with Gasteiger partial charge in [0.05, 0.1) is 6.10 Å². The predicted molar refractivity (Wildman–Crippen MR) is 112 cm³/mol. The maximum Gasteiger partial charge on any atom is 0.115 e. The molecular weight excluding hydrogens is 336 g/mol. The zero-order valence-electron chi connectivity index (χ0n) is 17.6. The summed E-state index contributed by atoms with van der Waals surface area (Å²) in [6.45, 7) is 7.05. The minimum atomic E-state index is -0.241. The highest BCUT2D eigenvalue weighted by molar-refractivity contribution is 5.42. The molecule has 27 heavy (non-hydrogen) atoms. The molecule has 0 saturated heterocycles. The molecule has 0 heterocycles. The number of benzene rings is 1. The van der Waals surface area contributed by atoms with Crippen molar-refractivity contribution in [2.45, 2.75) is 102 Å². The van der Waals surface area contributed by atoms with Gasteiger partial charge in [-0.2, -0.15) is 0 Å². The van der Waals surface area contributed by atoms with Gasteiger partial charge >= 0.3 is 0 Å². The molecule has 0 spiro atoms. The molecule has 3 atom stereocenters. The third-order valence-corrected chi connectivity index (χ3v) is 6.52. The standard InChI is InChI=1S/C24H40O3/c1-4-5-6-7-14-24(2,3)23-17-20(27)12-13-21(23)22-16-19(26)11-10-18(22)9-8-15-25/h12-13,17-19,22,25-27H,4-11,14-16H2,1-3H3. The molecule has 0 aliphatic heterocycles. The van der Waals surface area contributed by atoms with E-state index in [0.29, 0.717) is 17.6 Å². The maximum atomic E-state index is 10.3. The van der Waals surface area contributed by atoms with E-state index in [2.05, 4.69) is 26.8 Å². The number of phenolic OH excluding ortho intramolecular Hbond substituents is 1. The molecular formula is C24H40O3. The first kappa shape index (κ1) is 22.2. The normalized spacial score (nSPS) is 23.5. The lowest BCUT2D eigenvalue weighted by atomic mass is 9.67. The van der Waals surface area contributed by atoms with Crippen LogP contribution in [-0.4, -0.2) is 28.0 Å². The molecule has 1 fully saturated rings. The van der Waals surface area contributed by atoms with Crippen molar-refractivity contribution in [3.63, 3.8) is 0 Å². The van der Waals surface area contributed by atoms with Crippen molar-refractivity contribution in [3.8, 4) is 5.75 Å². The lowest BCUT2D eigenvalue weighted by molar-refractivity contribution is 0.0880. The van der Waals surface area contributed by atoms with Crippen LogP contribution < -0.4 is 0 Å². The van der Waals surface area contributed by atoms with Gasteiger partial charge in [0.15, 0.2) is 0 Å². The highest BCUT2D eigenvalue weighted by Crippen LogP contribution is 2.45. The van der Waals surface area contributed by atoms with Gasteiger partial charge < -0.3 is 15.3 Å². The lowest BCUT2D eigenvalue weighted by Crippen LogP contribution is -2.29. The number of aliphatic hydroxyl groups excluding tert-OH is 2. The largest absolute Gasteiger partial charge is 0.508 e. The first-order chi connectivity index (χ1) is 12.9. The van der Waals surface area contributed by atoms with Crippen LogP contribution in [-0.2, 0) is 5.41 Å². The van der Waals surface area contributed by atoms with E-state index >= 15 is 0 Å². The van der Waals surface area contributed by atoms with Crippen LogP contribution in [0.25, 0.3) is 0 Å². The number of hydrogen-bond donors (Lipinski definition) is 3. The highest BCUT2D eigenvalue weighted by Gasteiger charge is 2.34. The van der Waals surface area contributed by atoms with Gasteiger partial charge in [-0.15, -0.1) is 0 Å². The predicted octanol–water partition coefficient (Wildman–Crippen LogP) is 5.66. The Labute approximate surface area is 165 Å². The molecule has 1 aromatic rings. The second-order valence-corrected chi connectivity index (χ2v) is 9.17. The summed E-state index contributed by atoms with van der Waals surface area (Å²) in [5, 5.41) is 29.8. The Morgan fingerprint density at radius 1 is 1.07 bits per heavy atom. The van der Waals surface area contributed by atoms with Crippen molar-refractivity contribution in [1.29, 1.82) is 0 Å². The highest BCUT2D eigenvalue weighted by atomic mass is 16.3. The van der Waals surface area contributed by atoms with Crippen molar-refractivity contribution in [2.24, 2.45) is 5.92 Å². The zero-order valence-corrected chi connectivity index (χ0v) is 17.6. The van der Waals surface area contributed by atoms with E-state index in [-0.39, 0.29) is 18.1 Å². The van der Waals surface area contributed by atoms with E-state index in [4.69, 9.17) is 0 Å². The molecule has 0 bridgehead atoms. The molecule has 0 amide bonds. The van der Waals surface area contributed by atoms with Gasteiger partial charge in [-0.25, -0.2) is 0 Å². The van der Waals surface area contributed by atoms with Crippen LogP contribution in [0.2, 0.25) is 0 Å². The lowest BCUT2D eigenvalue weighted by Gasteiger charge is -2.38. The van der Waals surface area contributed by atoms with Crippen molar-refractivity contribution >= 4 is 0 Å². The van der Waals surface area contributed by atoms with Gasteiger partial charge in [-0.1, -0.05) is 52.5 Å². The second kappa shape index (κ2) is 10.5. The van der Waals surface area contributed by atoms with Gasteiger partial charge in [-0.05, 0) is 79.0 Å². The number of aromatic hydroxyl groups is 1. The fourth-order valence-corrected chi connectivity index (χ4v) is 4.87. The fourth-order valence-electron chi connectivity index (χ4n) is 4.87. The van der Waals surface area contributed by atoms with Crippen LogP contribution in [0.15, 0.2) is 18.2 Å². The van der Waals surface area contributed by atoms with Crippen LogP contribution in [0.4, 0.5) is 0 Å². The summed E-state index contributed by atoms with van der Waals surface area (Å²) in [6.07, 6.45) is 10.4. The average molecular weight is 377 g/mol. The fraction of sp³-hybridized carbons (Fsp3) is 0.750. The van der Waals surface area contributed by atoms with Gasteiger partial charge in [0, 0.05) is 6.61 Å². The summed E-state index contributed by atoms with van der Waals surface area (Å²) in [4.78, 5) is 0. The number of aliphatic hydroxyl groups is 2. The minimum Gasteiger partial charge on any atom is -0.508 e. The minimum absolute atomic E-state index is 0.00570. The Hall–Kier alpha value is -1.06. The third-order valence-electron chi connectivity index (χ3n) is 6.52. The topological polar surface area (TPSA) is 60.7 Å². The molecule has 3 heteroatoms. The quantitative estimate of drug-likeness (QED) is 0.462. The number of phenols is 1. The van der Waals surface area contributed by atoms with Gasteiger partial charge in [0.25, 0.3) is 0 Å². The molecule has 1 saturated carbocycles. The van der Waals surface area contributed by atoms with Crippen LogP contribution in [0.1, 0.15) is 102 Å². The van der Waals surface area contributed by atoms with E-state index in [0.717, 1.165) is 38.5 Å². The van der Waals surface area contributed by atoms with Crippen molar-refractivity contribution in [1.82, 2.24) is 0 Å². The molecule has 3 nitrogen and oxygen atoms in total. The van der Waals surface area contributed by atoms with Crippen LogP contribution in [0.3, 0.4) is 0 Å². The number of hydrogen-bond acceptors (Lipinski definition) is 3.